The molecule has 0 spiro atoms. The zero-order chi connectivity index (χ0) is 10.3. The van der Waals surface area contributed by atoms with E-state index in [4.69, 9.17) is 0 Å². The Morgan fingerprint density at radius 1 is 0.875 bits per heavy atom. The minimum absolute atomic E-state index is 0. The first kappa shape index (κ1) is 13.2. The SMILES string of the molecule is C(=NCc1ccccc1)c1ccccc1.[H-].[Na+]. The molecule has 0 heterocycles. The standard InChI is InChI=1S/C14H13N.Na.H/c1-3-7-13(8-4-1)11-15-12-14-9-5-2-6-10-14;;/h1-11H,12H2;;/q;+1;-1. The summed E-state index contributed by atoms with van der Waals surface area (Å²) in [4.78, 5) is 4.39. The van der Waals surface area contributed by atoms with E-state index in [2.05, 4.69) is 29.3 Å². The van der Waals surface area contributed by atoms with E-state index < -0.39 is 0 Å². The molecule has 0 N–H and O–H groups in total. The predicted octanol–water partition coefficient (Wildman–Crippen LogP) is 0.422. The van der Waals surface area contributed by atoms with Crippen LogP contribution in [0.15, 0.2) is 65.7 Å². The van der Waals surface area contributed by atoms with Crippen molar-refractivity contribution in [2.45, 2.75) is 6.54 Å². The van der Waals surface area contributed by atoms with Crippen LogP contribution in [0.2, 0.25) is 0 Å². The van der Waals surface area contributed by atoms with Gasteiger partial charge in [-0.1, -0.05) is 60.7 Å². The molecule has 0 amide bonds. The van der Waals surface area contributed by atoms with Crippen molar-refractivity contribution in [2.75, 3.05) is 0 Å². The maximum atomic E-state index is 4.39. The topological polar surface area (TPSA) is 12.4 Å². The average Bonchev–Trinajstić information content (AvgIpc) is 2.32. The van der Waals surface area contributed by atoms with Crippen molar-refractivity contribution in [1.29, 1.82) is 0 Å². The summed E-state index contributed by atoms with van der Waals surface area (Å²) in [5, 5.41) is 0. The Balaban J connectivity index is 0.00000128. The van der Waals surface area contributed by atoms with Gasteiger partial charge in [0.15, 0.2) is 0 Å². The second-order valence-electron chi connectivity index (χ2n) is 3.37. The van der Waals surface area contributed by atoms with Crippen LogP contribution in [0.1, 0.15) is 12.6 Å². The quantitative estimate of drug-likeness (QED) is 0.524. The molecule has 0 aliphatic heterocycles. The third-order valence-corrected chi connectivity index (χ3v) is 2.16. The molecule has 0 aliphatic carbocycles. The van der Waals surface area contributed by atoms with Crippen LogP contribution in [0.4, 0.5) is 0 Å². The number of nitrogens with zero attached hydrogens (tertiary/aromatic N) is 1. The normalized spacial score (nSPS) is 10.0. The van der Waals surface area contributed by atoms with Gasteiger partial charge in [0.2, 0.25) is 0 Å². The molecule has 0 radical (unpaired) electrons. The van der Waals surface area contributed by atoms with Gasteiger partial charge in [-0.2, -0.15) is 0 Å². The van der Waals surface area contributed by atoms with Crippen molar-refractivity contribution < 1.29 is 31.0 Å². The summed E-state index contributed by atoms with van der Waals surface area (Å²) in [5.74, 6) is 0. The molecular weight excluding hydrogens is 205 g/mol. The van der Waals surface area contributed by atoms with Crippen molar-refractivity contribution >= 4 is 6.21 Å². The van der Waals surface area contributed by atoms with Gasteiger partial charge in [-0.05, 0) is 11.1 Å². The Hall–Kier alpha value is -0.890. The van der Waals surface area contributed by atoms with E-state index in [9.17, 15) is 0 Å². The van der Waals surface area contributed by atoms with E-state index in [1.165, 1.54) is 5.56 Å². The minimum Gasteiger partial charge on any atom is -1.00 e. The van der Waals surface area contributed by atoms with Gasteiger partial charge in [0.05, 0.1) is 6.54 Å². The first-order chi connectivity index (χ1) is 7.45. The first-order valence-electron chi connectivity index (χ1n) is 5.04. The molecule has 2 aromatic rings. The van der Waals surface area contributed by atoms with Crippen molar-refractivity contribution in [3.05, 3.63) is 71.8 Å². The molecule has 0 saturated heterocycles. The minimum atomic E-state index is 0. The van der Waals surface area contributed by atoms with Gasteiger partial charge < -0.3 is 1.43 Å². The Labute approximate surface area is 120 Å². The van der Waals surface area contributed by atoms with Crippen LogP contribution in [-0.2, 0) is 6.54 Å². The number of hydrogen-bond donors (Lipinski definition) is 0. The van der Waals surface area contributed by atoms with Crippen LogP contribution < -0.4 is 29.6 Å². The van der Waals surface area contributed by atoms with Crippen molar-refractivity contribution in [1.82, 2.24) is 0 Å². The summed E-state index contributed by atoms with van der Waals surface area (Å²) >= 11 is 0. The summed E-state index contributed by atoms with van der Waals surface area (Å²) in [6, 6.07) is 20.4. The molecule has 0 aromatic heterocycles. The molecule has 0 unspecified atom stereocenters. The van der Waals surface area contributed by atoms with Gasteiger partial charge in [0, 0.05) is 6.21 Å². The molecule has 2 heteroatoms. The number of benzene rings is 2. The monoisotopic (exact) mass is 219 g/mol. The zero-order valence-electron chi connectivity index (χ0n) is 10.5. The van der Waals surface area contributed by atoms with Gasteiger partial charge in [-0.3, -0.25) is 4.99 Å². The maximum Gasteiger partial charge on any atom is 1.00 e. The molecule has 0 aliphatic rings. The number of aliphatic imine (C=N–C) groups is 1. The van der Waals surface area contributed by atoms with Crippen LogP contribution in [0.3, 0.4) is 0 Å². The Morgan fingerprint density at radius 2 is 1.44 bits per heavy atom. The second-order valence-corrected chi connectivity index (χ2v) is 3.37. The Bertz CT molecular complexity index is 428. The summed E-state index contributed by atoms with van der Waals surface area (Å²) in [5.41, 5.74) is 2.39. The van der Waals surface area contributed by atoms with E-state index in [0.717, 1.165) is 12.1 Å². The fourth-order valence-electron chi connectivity index (χ4n) is 1.38. The molecule has 0 saturated carbocycles. The maximum absolute atomic E-state index is 4.39. The summed E-state index contributed by atoms with van der Waals surface area (Å²) < 4.78 is 0. The van der Waals surface area contributed by atoms with Crippen LogP contribution >= 0.6 is 0 Å². The molecule has 16 heavy (non-hydrogen) atoms. The third kappa shape index (κ3) is 4.31. The third-order valence-electron chi connectivity index (χ3n) is 2.16. The van der Waals surface area contributed by atoms with Crippen LogP contribution in [0, 0.1) is 0 Å². The van der Waals surface area contributed by atoms with Crippen molar-refractivity contribution in [3.8, 4) is 0 Å². The summed E-state index contributed by atoms with van der Waals surface area (Å²) in [6.07, 6.45) is 1.91. The molecular formula is C14H14NNa. The molecule has 76 valence electrons. The van der Waals surface area contributed by atoms with Crippen molar-refractivity contribution in [3.63, 3.8) is 0 Å². The number of hydrogen-bond acceptors (Lipinski definition) is 1. The van der Waals surface area contributed by atoms with Gasteiger partial charge in [-0.15, -0.1) is 0 Å². The molecule has 1 nitrogen and oxygen atoms in total. The van der Waals surface area contributed by atoms with E-state index in [1.54, 1.807) is 0 Å². The molecule has 2 aromatic carbocycles. The molecule has 0 fully saturated rings. The van der Waals surface area contributed by atoms with Gasteiger partial charge in [-0.25, -0.2) is 0 Å². The zero-order valence-corrected chi connectivity index (χ0v) is 11.5. The Morgan fingerprint density at radius 3 is 2.06 bits per heavy atom. The van der Waals surface area contributed by atoms with Crippen LogP contribution in [-0.4, -0.2) is 6.21 Å². The first-order valence-corrected chi connectivity index (χ1v) is 5.04. The summed E-state index contributed by atoms with van der Waals surface area (Å²) in [7, 11) is 0. The van der Waals surface area contributed by atoms with Gasteiger partial charge in [0.1, 0.15) is 0 Å². The molecule has 2 rings (SSSR count). The van der Waals surface area contributed by atoms with Crippen LogP contribution in [0.25, 0.3) is 0 Å². The average molecular weight is 219 g/mol. The largest absolute Gasteiger partial charge is 1.00 e. The van der Waals surface area contributed by atoms with E-state index in [1.807, 2.05) is 42.6 Å². The fraction of sp³-hybridized carbons (Fsp3) is 0.0714. The number of rotatable bonds is 3. The summed E-state index contributed by atoms with van der Waals surface area (Å²) in [6.45, 7) is 0.746. The van der Waals surface area contributed by atoms with Crippen LogP contribution in [0.5, 0.6) is 0 Å². The molecule has 0 atom stereocenters. The van der Waals surface area contributed by atoms with Gasteiger partial charge in [0.25, 0.3) is 0 Å². The smallest absolute Gasteiger partial charge is 1.00 e. The van der Waals surface area contributed by atoms with Gasteiger partial charge >= 0.3 is 29.6 Å². The fourth-order valence-corrected chi connectivity index (χ4v) is 1.38. The van der Waals surface area contributed by atoms with E-state index >= 15 is 0 Å². The van der Waals surface area contributed by atoms with E-state index in [0.29, 0.717) is 0 Å². The second kappa shape index (κ2) is 7.39. The molecule has 0 bridgehead atoms. The Kier molecular flexibility index (Phi) is 6.09. The van der Waals surface area contributed by atoms with Crippen molar-refractivity contribution in [2.24, 2.45) is 4.99 Å². The predicted molar refractivity (Wildman–Crippen MR) is 65.3 cm³/mol. The van der Waals surface area contributed by atoms with E-state index in [-0.39, 0.29) is 31.0 Å².